The van der Waals surface area contributed by atoms with Gasteiger partial charge in [-0.05, 0) is 67.6 Å². The SMILES string of the molecule is CCOc1ccccc1NC(=O)c1ccc(NC(=O)c2ccc(Cl)cc2)cc1. The third-order valence-corrected chi connectivity index (χ3v) is 4.20. The van der Waals surface area contributed by atoms with Crippen molar-refractivity contribution in [3.05, 3.63) is 88.9 Å². The van der Waals surface area contributed by atoms with E-state index in [4.69, 9.17) is 16.3 Å². The Morgan fingerprint density at radius 3 is 2.04 bits per heavy atom. The van der Waals surface area contributed by atoms with Gasteiger partial charge in [0.05, 0.1) is 12.3 Å². The first-order valence-corrected chi connectivity index (χ1v) is 9.15. The Labute approximate surface area is 168 Å². The molecule has 0 saturated heterocycles. The van der Waals surface area contributed by atoms with Crippen LogP contribution < -0.4 is 15.4 Å². The van der Waals surface area contributed by atoms with Crippen molar-refractivity contribution < 1.29 is 14.3 Å². The molecule has 0 heterocycles. The Hall–Kier alpha value is -3.31. The molecule has 6 heteroatoms. The van der Waals surface area contributed by atoms with Gasteiger partial charge in [-0.15, -0.1) is 0 Å². The van der Waals surface area contributed by atoms with Crippen LogP contribution in [-0.4, -0.2) is 18.4 Å². The van der Waals surface area contributed by atoms with Crippen molar-refractivity contribution in [2.45, 2.75) is 6.92 Å². The summed E-state index contributed by atoms with van der Waals surface area (Å²) in [6, 6.07) is 20.5. The normalized spacial score (nSPS) is 10.2. The Balaban J connectivity index is 1.66. The Bertz CT molecular complexity index is 970. The molecule has 3 aromatic carbocycles. The van der Waals surface area contributed by atoms with E-state index in [1.807, 2.05) is 19.1 Å². The lowest BCUT2D eigenvalue weighted by molar-refractivity contribution is 0.101. The zero-order chi connectivity index (χ0) is 19.9. The number of carbonyl (C=O) groups excluding carboxylic acids is 2. The standard InChI is InChI=1S/C22H19ClN2O3/c1-2-28-20-6-4-3-5-19(20)25-22(27)16-9-13-18(14-10-16)24-21(26)15-7-11-17(23)12-8-15/h3-14H,2H2,1H3,(H,24,26)(H,25,27). The second-order valence-corrected chi connectivity index (χ2v) is 6.36. The fourth-order valence-corrected chi connectivity index (χ4v) is 2.68. The van der Waals surface area contributed by atoms with Gasteiger partial charge in [0.1, 0.15) is 5.75 Å². The van der Waals surface area contributed by atoms with Crippen molar-refractivity contribution in [2.24, 2.45) is 0 Å². The summed E-state index contributed by atoms with van der Waals surface area (Å²) in [5.74, 6) is 0.104. The Morgan fingerprint density at radius 2 is 1.39 bits per heavy atom. The van der Waals surface area contributed by atoms with Gasteiger partial charge in [0.15, 0.2) is 0 Å². The topological polar surface area (TPSA) is 67.4 Å². The summed E-state index contributed by atoms with van der Waals surface area (Å²) in [7, 11) is 0. The third-order valence-electron chi connectivity index (χ3n) is 3.95. The number of anilines is 2. The van der Waals surface area contributed by atoms with Crippen LogP contribution in [0.1, 0.15) is 27.6 Å². The molecule has 0 aliphatic carbocycles. The van der Waals surface area contributed by atoms with Crippen LogP contribution in [0.25, 0.3) is 0 Å². The molecule has 3 aromatic rings. The molecule has 0 aromatic heterocycles. The lowest BCUT2D eigenvalue weighted by Gasteiger charge is -2.11. The van der Waals surface area contributed by atoms with E-state index in [-0.39, 0.29) is 11.8 Å². The van der Waals surface area contributed by atoms with Crippen LogP contribution in [0.5, 0.6) is 5.75 Å². The number of benzene rings is 3. The van der Waals surface area contributed by atoms with E-state index < -0.39 is 0 Å². The van der Waals surface area contributed by atoms with Crippen molar-refractivity contribution >= 4 is 34.8 Å². The van der Waals surface area contributed by atoms with Gasteiger partial charge in [-0.1, -0.05) is 23.7 Å². The predicted molar refractivity (Wildman–Crippen MR) is 111 cm³/mol. The molecule has 0 aliphatic heterocycles. The van der Waals surface area contributed by atoms with Gasteiger partial charge in [0.2, 0.25) is 0 Å². The van der Waals surface area contributed by atoms with Crippen LogP contribution >= 0.6 is 11.6 Å². The van der Waals surface area contributed by atoms with Crippen molar-refractivity contribution in [2.75, 3.05) is 17.2 Å². The summed E-state index contributed by atoms with van der Waals surface area (Å²) < 4.78 is 5.52. The molecule has 0 radical (unpaired) electrons. The van der Waals surface area contributed by atoms with E-state index in [0.717, 1.165) is 0 Å². The van der Waals surface area contributed by atoms with Crippen LogP contribution in [0.3, 0.4) is 0 Å². The highest BCUT2D eigenvalue weighted by Gasteiger charge is 2.11. The summed E-state index contributed by atoms with van der Waals surface area (Å²) in [6.07, 6.45) is 0. The highest BCUT2D eigenvalue weighted by atomic mass is 35.5. The maximum Gasteiger partial charge on any atom is 0.255 e. The number of ether oxygens (including phenoxy) is 1. The minimum absolute atomic E-state index is 0.250. The first-order valence-electron chi connectivity index (χ1n) is 8.77. The van der Waals surface area contributed by atoms with E-state index in [9.17, 15) is 9.59 Å². The van der Waals surface area contributed by atoms with Crippen LogP contribution in [0.2, 0.25) is 5.02 Å². The number of halogens is 1. The van der Waals surface area contributed by atoms with E-state index in [1.165, 1.54) is 0 Å². The lowest BCUT2D eigenvalue weighted by atomic mass is 10.1. The molecule has 0 atom stereocenters. The van der Waals surface area contributed by atoms with E-state index >= 15 is 0 Å². The number of amides is 2. The summed E-state index contributed by atoms with van der Waals surface area (Å²) >= 11 is 5.83. The number of hydrogen-bond donors (Lipinski definition) is 2. The van der Waals surface area contributed by atoms with Gasteiger partial charge in [-0.2, -0.15) is 0 Å². The molecule has 28 heavy (non-hydrogen) atoms. The Kier molecular flexibility index (Phi) is 6.29. The zero-order valence-corrected chi connectivity index (χ0v) is 16.0. The quantitative estimate of drug-likeness (QED) is 0.600. The molecule has 0 spiro atoms. The second kappa shape index (κ2) is 9.06. The molecule has 2 amide bonds. The van der Waals surface area contributed by atoms with Gasteiger partial charge >= 0.3 is 0 Å². The van der Waals surface area contributed by atoms with Crippen molar-refractivity contribution in [3.63, 3.8) is 0 Å². The summed E-state index contributed by atoms with van der Waals surface area (Å²) in [5, 5.41) is 6.19. The van der Waals surface area contributed by atoms with Gasteiger partial charge in [-0.3, -0.25) is 9.59 Å². The van der Waals surface area contributed by atoms with Crippen LogP contribution in [0.15, 0.2) is 72.8 Å². The lowest BCUT2D eigenvalue weighted by Crippen LogP contribution is -2.14. The molecule has 0 aliphatic rings. The molecular formula is C22H19ClN2O3. The van der Waals surface area contributed by atoms with Crippen molar-refractivity contribution in [3.8, 4) is 5.75 Å². The molecule has 5 nitrogen and oxygen atoms in total. The maximum absolute atomic E-state index is 12.5. The molecule has 0 fully saturated rings. The average molecular weight is 395 g/mol. The smallest absolute Gasteiger partial charge is 0.255 e. The summed E-state index contributed by atoms with van der Waals surface area (Å²) in [4.78, 5) is 24.7. The minimum atomic E-state index is -0.261. The number of nitrogens with one attached hydrogen (secondary N) is 2. The van der Waals surface area contributed by atoms with E-state index in [0.29, 0.717) is 39.9 Å². The molecule has 0 bridgehead atoms. The number of carbonyl (C=O) groups is 2. The number of rotatable bonds is 6. The fraction of sp³-hybridized carbons (Fsp3) is 0.0909. The van der Waals surface area contributed by atoms with Crippen LogP contribution in [0.4, 0.5) is 11.4 Å². The fourth-order valence-electron chi connectivity index (χ4n) is 2.56. The molecule has 3 rings (SSSR count). The number of hydrogen-bond acceptors (Lipinski definition) is 3. The molecular weight excluding hydrogens is 376 g/mol. The molecule has 0 saturated carbocycles. The third kappa shape index (κ3) is 4.90. The van der Waals surface area contributed by atoms with Crippen molar-refractivity contribution in [1.29, 1.82) is 0 Å². The first-order chi connectivity index (χ1) is 13.6. The number of para-hydroxylation sites is 2. The molecule has 142 valence electrons. The highest BCUT2D eigenvalue weighted by molar-refractivity contribution is 6.30. The zero-order valence-electron chi connectivity index (χ0n) is 15.2. The van der Waals surface area contributed by atoms with E-state index in [1.54, 1.807) is 60.7 Å². The predicted octanol–water partition coefficient (Wildman–Crippen LogP) is 5.24. The van der Waals surface area contributed by atoms with E-state index in [2.05, 4.69) is 10.6 Å². The molecule has 2 N–H and O–H groups in total. The molecule has 0 unspecified atom stereocenters. The van der Waals surface area contributed by atoms with Crippen LogP contribution in [-0.2, 0) is 0 Å². The van der Waals surface area contributed by atoms with Gasteiger partial charge in [0.25, 0.3) is 11.8 Å². The monoisotopic (exact) mass is 394 g/mol. The summed E-state index contributed by atoms with van der Waals surface area (Å²) in [5.41, 5.74) is 2.16. The van der Waals surface area contributed by atoms with Crippen molar-refractivity contribution in [1.82, 2.24) is 0 Å². The van der Waals surface area contributed by atoms with Gasteiger partial charge < -0.3 is 15.4 Å². The average Bonchev–Trinajstić information content (AvgIpc) is 2.70. The highest BCUT2D eigenvalue weighted by Crippen LogP contribution is 2.24. The second-order valence-electron chi connectivity index (χ2n) is 5.92. The van der Waals surface area contributed by atoms with Gasteiger partial charge in [0, 0.05) is 21.8 Å². The first kappa shape index (κ1) is 19.5. The minimum Gasteiger partial charge on any atom is -0.492 e. The maximum atomic E-state index is 12.5. The summed E-state index contributed by atoms with van der Waals surface area (Å²) in [6.45, 7) is 2.39. The van der Waals surface area contributed by atoms with Gasteiger partial charge in [-0.25, -0.2) is 0 Å². The Morgan fingerprint density at radius 1 is 0.821 bits per heavy atom. The van der Waals surface area contributed by atoms with Crippen LogP contribution in [0, 0.1) is 0 Å². The largest absolute Gasteiger partial charge is 0.492 e.